The molecule has 2 rings (SSSR count). The molecule has 0 saturated heterocycles. The normalized spacial score (nSPS) is 11.8. The molecule has 0 radical (unpaired) electrons. The molecule has 0 bridgehead atoms. The summed E-state index contributed by atoms with van der Waals surface area (Å²) in [6, 6.07) is 13.0. The van der Waals surface area contributed by atoms with Crippen molar-refractivity contribution in [2.45, 2.75) is 13.0 Å². The zero-order valence-corrected chi connectivity index (χ0v) is 11.9. The zero-order valence-electron chi connectivity index (χ0n) is 11.9. The van der Waals surface area contributed by atoms with Gasteiger partial charge in [-0.1, -0.05) is 12.1 Å². The van der Waals surface area contributed by atoms with Crippen molar-refractivity contribution in [2.24, 2.45) is 0 Å². The van der Waals surface area contributed by atoms with Crippen molar-refractivity contribution >= 4 is 5.69 Å². The first-order valence-corrected chi connectivity index (χ1v) is 6.41. The predicted octanol–water partition coefficient (Wildman–Crippen LogP) is 3.58. The summed E-state index contributed by atoms with van der Waals surface area (Å²) in [4.78, 5) is 0. The highest BCUT2D eigenvalue weighted by Gasteiger charge is 2.08. The molecule has 20 heavy (non-hydrogen) atoms. The molecule has 0 saturated carbocycles. The van der Waals surface area contributed by atoms with Gasteiger partial charge in [-0.2, -0.15) is 0 Å². The quantitative estimate of drug-likeness (QED) is 0.874. The first-order chi connectivity index (χ1) is 9.63. The number of rotatable bonds is 5. The molecule has 0 heterocycles. The fourth-order valence-electron chi connectivity index (χ4n) is 2.02. The van der Waals surface area contributed by atoms with Gasteiger partial charge in [-0.15, -0.1) is 0 Å². The van der Waals surface area contributed by atoms with Crippen LogP contribution in [0.25, 0.3) is 0 Å². The smallest absolute Gasteiger partial charge is 0.162 e. The van der Waals surface area contributed by atoms with Gasteiger partial charge in [0.25, 0.3) is 0 Å². The summed E-state index contributed by atoms with van der Waals surface area (Å²) in [6.07, 6.45) is 0. The Balaban J connectivity index is 2.15. The van der Waals surface area contributed by atoms with Gasteiger partial charge in [-0.25, -0.2) is 0 Å². The number of hydrogen-bond acceptors (Lipinski definition) is 4. The maximum Gasteiger partial charge on any atom is 0.162 e. The van der Waals surface area contributed by atoms with Crippen LogP contribution in [0.15, 0.2) is 42.5 Å². The van der Waals surface area contributed by atoms with Crippen LogP contribution in [-0.2, 0) is 0 Å². The molecule has 0 aliphatic heterocycles. The largest absolute Gasteiger partial charge is 0.508 e. The highest BCUT2D eigenvalue weighted by Crippen LogP contribution is 2.31. The number of hydrogen-bond donors (Lipinski definition) is 2. The van der Waals surface area contributed by atoms with E-state index >= 15 is 0 Å². The number of phenolic OH excluding ortho intramolecular Hbond substituents is 1. The minimum absolute atomic E-state index is 0.119. The number of anilines is 1. The molecular weight excluding hydrogens is 254 g/mol. The summed E-state index contributed by atoms with van der Waals surface area (Å²) in [5.74, 6) is 1.66. The second-order valence-electron chi connectivity index (χ2n) is 4.53. The van der Waals surface area contributed by atoms with Gasteiger partial charge in [0.15, 0.2) is 11.5 Å². The van der Waals surface area contributed by atoms with Gasteiger partial charge in [-0.3, -0.25) is 0 Å². The first kappa shape index (κ1) is 14.1. The number of nitrogens with one attached hydrogen (secondary N) is 1. The average Bonchev–Trinajstić information content (AvgIpc) is 2.47. The molecule has 106 valence electrons. The highest BCUT2D eigenvalue weighted by molar-refractivity contribution is 5.55. The zero-order chi connectivity index (χ0) is 14.5. The molecule has 2 N–H and O–H groups in total. The fraction of sp³-hybridized carbons (Fsp3) is 0.250. The van der Waals surface area contributed by atoms with E-state index in [0.29, 0.717) is 11.5 Å². The van der Waals surface area contributed by atoms with Crippen LogP contribution in [0.4, 0.5) is 5.69 Å². The Morgan fingerprint density at radius 2 is 1.60 bits per heavy atom. The third-order valence-electron chi connectivity index (χ3n) is 3.16. The SMILES string of the molecule is COc1ccc(NC(C)c2ccc(O)cc2)cc1OC. The van der Waals surface area contributed by atoms with Crippen LogP contribution in [-0.4, -0.2) is 19.3 Å². The van der Waals surface area contributed by atoms with E-state index in [1.807, 2.05) is 30.3 Å². The molecule has 0 spiro atoms. The third kappa shape index (κ3) is 3.15. The van der Waals surface area contributed by atoms with Gasteiger partial charge < -0.3 is 19.9 Å². The summed E-state index contributed by atoms with van der Waals surface area (Å²) in [7, 11) is 3.23. The molecule has 0 fully saturated rings. The number of ether oxygens (including phenoxy) is 2. The Hall–Kier alpha value is -2.36. The van der Waals surface area contributed by atoms with Gasteiger partial charge >= 0.3 is 0 Å². The fourth-order valence-corrected chi connectivity index (χ4v) is 2.02. The van der Waals surface area contributed by atoms with E-state index in [0.717, 1.165) is 11.3 Å². The molecule has 0 aromatic heterocycles. The van der Waals surface area contributed by atoms with Gasteiger partial charge in [0.2, 0.25) is 0 Å². The van der Waals surface area contributed by atoms with Gasteiger partial charge in [0.05, 0.1) is 14.2 Å². The van der Waals surface area contributed by atoms with E-state index in [-0.39, 0.29) is 11.8 Å². The molecule has 2 aromatic carbocycles. The Bertz CT molecular complexity index is 566. The van der Waals surface area contributed by atoms with Gasteiger partial charge in [-0.05, 0) is 36.8 Å². The summed E-state index contributed by atoms with van der Waals surface area (Å²) in [5, 5.41) is 12.7. The lowest BCUT2D eigenvalue weighted by Crippen LogP contribution is -2.06. The second-order valence-corrected chi connectivity index (χ2v) is 4.53. The van der Waals surface area contributed by atoms with Crippen LogP contribution in [0.3, 0.4) is 0 Å². The Labute approximate surface area is 119 Å². The number of methoxy groups -OCH3 is 2. The van der Waals surface area contributed by atoms with Crippen molar-refractivity contribution in [3.63, 3.8) is 0 Å². The van der Waals surface area contributed by atoms with E-state index < -0.39 is 0 Å². The van der Waals surface area contributed by atoms with Crippen molar-refractivity contribution in [3.8, 4) is 17.2 Å². The van der Waals surface area contributed by atoms with Crippen molar-refractivity contribution in [1.82, 2.24) is 0 Å². The van der Waals surface area contributed by atoms with Crippen molar-refractivity contribution < 1.29 is 14.6 Å². The molecular formula is C16H19NO3. The standard InChI is InChI=1S/C16H19NO3/c1-11(12-4-7-14(18)8-5-12)17-13-6-9-15(19-2)16(10-13)20-3/h4-11,17-18H,1-3H3. The van der Waals surface area contributed by atoms with Crippen molar-refractivity contribution in [3.05, 3.63) is 48.0 Å². The van der Waals surface area contributed by atoms with Crippen LogP contribution >= 0.6 is 0 Å². The summed E-state index contributed by atoms with van der Waals surface area (Å²) < 4.78 is 10.5. The number of phenols is 1. The van der Waals surface area contributed by atoms with E-state index in [9.17, 15) is 5.11 Å². The lowest BCUT2D eigenvalue weighted by Gasteiger charge is -2.17. The van der Waals surface area contributed by atoms with Crippen LogP contribution < -0.4 is 14.8 Å². The van der Waals surface area contributed by atoms with Crippen molar-refractivity contribution in [2.75, 3.05) is 19.5 Å². The summed E-state index contributed by atoms with van der Waals surface area (Å²) >= 11 is 0. The van der Waals surface area contributed by atoms with Crippen LogP contribution in [0.5, 0.6) is 17.2 Å². The van der Waals surface area contributed by atoms with Crippen LogP contribution in [0, 0.1) is 0 Å². The summed E-state index contributed by atoms with van der Waals surface area (Å²) in [6.45, 7) is 2.06. The Morgan fingerprint density at radius 3 is 2.20 bits per heavy atom. The third-order valence-corrected chi connectivity index (χ3v) is 3.16. The minimum Gasteiger partial charge on any atom is -0.508 e. The van der Waals surface area contributed by atoms with Crippen LogP contribution in [0.1, 0.15) is 18.5 Å². The molecule has 2 aromatic rings. The maximum absolute atomic E-state index is 9.30. The molecule has 0 amide bonds. The molecule has 0 aliphatic carbocycles. The lowest BCUT2D eigenvalue weighted by molar-refractivity contribution is 0.355. The second kappa shape index (κ2) is 6.19. The predicted molar refractivity (Wildman–Crippen MR) is 79.7 cm³/mol. The van der Waals surface area contributed by atoms with Crippen LogP contribution in [0.2, 0.25) is 0 Å². The maximum atomic E-state index is 9.30. The van der Waals surface area contributed by atoms with E-state index in [1.165, 1.54) is 0 Å². The molecule has 1 atom stereocenters. The lowest BCUT2D eigenvalue weighted by atomic mass is 10.1. The monoisotopic (exact) mass is 273 g/mol. The van der Waals surface area contributed by atoms with Gasteiger partial charge in [0, 0.05) is 17.8 Å². The minimum atomic E-state index is 0.119. The molecule has 4 nitrogen and oxygen atoms in total. The van der Waals surface area contributed by atoms with Gasteiger partial charge in [0.1, 0.15) is 5.75 Å². The first-order valence-electron chi connectivity index (χ1n) is 6.41. The highest BCUT2D eigenvalue weighted by atomic mass is 16.5. The molecule has 0 aliphatic rings. The van der Waals surface area contributed by atoms with E-state index in [2.05, 4.69) is 12.2 Å². The molecule has 1 unspecified atom stereocenters. The number of benzene rings is 2. The molecule has 4 heteroatoms. The summed E-state index contributed by atoms with van der Waals surface area (Å²) in [5.41, 5.74) is 2.04. The topological polar surface area (TPSA) is 50.7 Å². The van der Waals surface area contributed by atoms with E-state index in [1.54, 1.807) is 26.4 Å². The average molecular weight is 273 g/mol. The Morgan fingerprint density at radius 1 is 0.950 bits per heavy atom. The number of aromatic hydroxyl groups is 1. The van der Waals surface area contributed by atoms with Crippen molar-refractivity contribution in [1.29, 1.82) is 0 Å². The Kier molecular flexibility index (Phi) is 4.35. The van der Waals surface area contributed by atoms with E-state index in [4.69, 9.17) is 9.47 Å².